The molecule has 0 spiro atoms. The number of aryl methyl sites for hydroxylation is 1. The molecule has 1 unspecified atom stereocenters. The lowest BCUT2D eigenvalue weighted by Crippen LogP contribution is -2.31. The first-order valence-electron chi connectivity index (χ1n) is 8.73. The van der Waals surface area contributed by atoms with Crippen molar-refractivity contribution in [2.75, 3.05) is 19.7 Å². The molecule has 1 fully saturated rings. The Bertz CT molecular complexity index is 736. The molecule has 0 bridgehead atoms. The van der Waals surface area contributed by atoms with Gasteiger partial charge in [-0.15, -0.1) is 0 Å². The molecular formula is C19H26N4O2. The second-order valence-electron chi connectivity index (χ2n) is 7.36. The number of pyridine rings is 1. The lowest BCUT2D eigenvalue weighted by atomic mass is 9.79. The number of amides is 1. The maximum absolute atomic E-state index is 12.7. The smallest absolute Gasteiger partial charge is 0.228 e. The molecule has 2 aromatic heterocycles. The van der Waals surface area contributed by atoms with Gasteiger partial charge in [0.1, 0.15) is 5.75 Å². The van der Waals surface area contributed by atoms with Crippen LogP contribution in [0, 0.1) is 5.41 Å². The molecule has 0 saturated carbocycles. The monoisotopic (exact) mass is 342 g/mol. The molecule has 1 aliphatic heterocycles. The number of carbonyl (C=O) groups is 1. The van der Waals surface area contributed by atoms with Gasteiger partial charge < -0.3 is 9.64 Å². The van der Waals surface area contributed by atoms with Gasteiger partial charge in [-0.05, 0) is 30.0 Å². The lowest BCUT2D eigenvalue weighted by molar-refractivity contribution is -0.129. The van der Waals surface area contributed by atoms with Crippen LogP contribution in [0.5, 0.6) is 5.75 Å². The van der Waals surface area contributed by atoms with Crippen molar-refractivity contribution in [2.45, 2.75) is 33.1 Å². The summed E-state index contributed by atoms with van der Waals surface area (Å²) in [6.07, 6.45) is 5.96. The van der Waals surface area contributed by atoms with Crippen LogP contribution in [0.4, 0.5) is 0 Å². The van der Waals surface area contributed by atoms with Gasteiger partial charge in [-0.25, -0.2) is 0 Å². The van der Waals surface area contributed by atoms with Gasteiger partial charge in [0.2, 0.25) is 5.91 Å². The Kier molecular flexibility index (Phi) is 4.79. The van der Waals surface area contributed by atoms with E-state index >= 15 is 0 Å². The van der Waals surface area contributed by atoms with Crippen molar-refractivity contribution in [1.82, 2.24) is 19.7 Å². The summed E-state index contributed by atoms with van der Waals surface area (Å²) < 4.78 is 7.21. The minimum Gasteiger partial charge on any atom is -0.492 e. The Morgan fingerprint density at radius 2 is 2.16 bits per heavy atom. The first kappa shape index (κ1) is 17.5. The van der Waals surface area contributed by atoms with Gasteiger partial charge in [-0.3, -0.25) is 14.5 Å². The number of hydrogen-bond acceptors (Lipinski definition) is 4. The standard InChI is InChI=1S/C19H26N4O2/c1-5-25-16-7-6-15(20-10-16)8-18(24)23-12-17(19(2,3)13-23)14-9-21-22(4)11-14/h6-7,9-11,17H,5,8,12-13H2,1-4H3. The first-order chi connectivity index (χ1) is 11.9. The van der Waals surface area contributed by atoms with E-state index in [2.05, 4.69) is 30.1 Å². The van der Waals surface area contributed by atoms with E-state index < -0.39 is 0 Å². The molecule has 6 heteroatoms. The van der Waals surface area contributed by atoms with Crippen molar-refractivity contribution < 1.29 is 9.53 Å². The quantitative estimate of drug-likeness (QED) is 0.837. The largest absolute Gasteiger partial charge is 0.492 e. The number of carbonyl (C=O) groups excluding carboxylic acids is 1. The fraction of sp³-hybridized carbons (Fsp3) is 0.526. The molecule has 3 rings (SSSR count). The minimum absolute atomic E-state index is 0.0327. The van der Waals surface area contributed by atoms with E-state index in [1.165, 1.54) is 5.56 Å². The Hall–Kier alpha value is -2.37. The topological polar surface area (TPSA) is 60.2 Å². The average molecular weight is 342 g/mol. The Balaban J connectivity index is 1.66. The summed E-state index contributed by atoms with van der Waals surface area (Å²) in [6, 6.07) is 3.73. The van der Waals surface area contributed by atoms with Crippen molar-refractivity contribution in [1.29, 1.82) is 0 Å². The van der Waals surface area contributed by atoms with Gasteiger partial charge in [0.15, 0.2) is 0 Å². The van der Waals surface area contributed by atoms with E-state index in [-0.39, 0.29) is 11.3 Å². The van der Waals surface area contributed by atoms with Crippen molar-refractivity contribution in [3.8, 4) is 5.75 Å². The molecule has 1 saturated heterocycles. The van der Waals surface area contributed by atoms with Gasteiger partial charge in [0.05, 0.1) is 25.4 Å². The van der Waals surface area contributed by atoms with E-state index in [0.717, 1.165) is 24.5 Å². The molecule has 0 N–H and O–H groups in total. The highest BCUT2D eigenvalue weighted by Gasteiger charge is 2.42. The van der Waals surface area contributed by atoms with Crippen molar-refractivity contribution in [3.63, 3.8) is 0 Å². The van der Waals surface area contributed by atoms with Crippen LogP contribution < -0.4 is 4.74 Å². The third-order valence-corrected chi connectivity index (χ3v) is 4.87. The zero-order valence-electron chi connectivity index (χ0n) is 15.4. The zero-order valence-corrected chi connectivity index (χ0v) is 15.4. The molecule has 6 nitrogen and oxygen atoms in total. The second kappa shape index (κ2) is 6.86. The number of rotatable bonds is 5. The summed E-state index contributed by atoms with van der Waals surface area (Å²) in [5.74, 6) is 1.16. The maximum atomic E-state index is 12.7. The van der Waals surface area contributed by atoms with Gasteiger partial charge >= 0.3 is 0 Å². The highest BCUT2D eigenvalue weighted by molar-refractivity contribution is 5.79. The molecule has 0 radical (unpaired) electrons. The number of likely N-dealkylation sites (tertiary alicyclic amines) is 1. The minimum atomic E-state index is 0.0327. The van der Waals surface area contributed by atoms with Gasteiger partial charge in [-0.2, -0.15) is 5.10 Å². The lowest BCUT2D eigenvalue weighted by Gasteiger charge is -2.24. The molecule has 25 heavy (non-hydrogen) atoms. The van der Waals surface area contributed by atoms with Crippen LogP contribution in [-0.2, 0) is 18.3 Å². The SMILES string of the molecule is CCOc1ccc(CC(=O)N2CC(c3cnn(C)c3)C(C)(C)C2)nc1. The van der Waals surface area contributed by atoms with Crippen LogP contribution in [0.3, 0.4) is 0 Å². The summed E-state index contributed by atoms with van der Waals surface area (Å²) in [5.41, 5.74) is 2.00. The predicted molar refractivity (Wildman–Crippen MR) is 95.4 cm³/mol. The summed E-state index contributed by atoms with van der Waals surface area (Å²) in [5, 5.41) is 4.28. The van der Waals surface area contributed by atoms with Crippen LogP contribution in [-0.4, -0.2) is 45.3 Å². The maximum Gasteiger partial charge on any atom is 0.228 e. The zero-order chi connectivity index (χ0) is 18.0. The third-order valence-electron chi connectivity index (χ3n) is 4.87. The number of aromatic nitrogens is 3. The van der Waals surface area contributed by atoms with E-state index in [4.69, 9.17) is 4.74 Å². The molecule has 1 amide bonds. The fourth-order valence-electron chi connectivity index (χ4n) is 3.54. The molecule has 1 aliphatic rings. The normalized spacial score (nSPS) is 19.2. The molecule has 0 aromatic carbocycles. The number of hydrogen-bond donors (Lipinski definition) is 0. The van der Waals surface area contributed by atoms with Crippen LogP contribution in [0.1, 0.15) is 37.9 Å². The van der Waals surface area contributed by atoms with Gasteiger partial charge in [0.25, 0.3) is 0 Å². The van der Waals surface area contributed by atoms with Gasteiger partial charge in [0, 0.05) is 37.9 Å². The molecular weight excluding hydrogens is 316 g/mol. The number of ether oxygens (including phenoxy) is 1. The molecule has 134 valence electrons. The molecule has 1 atom stereocenters. The van der Waals surface area contributed by atoms with Crippen LogP contribution >= 0.6 is 0 Å². The Morgan fingerprint density at radius 1 is 1.36 bits per heavy atom. The summed E-state index contributed by atoms with van der Waals surface area (Å²) >= 11 is 0. The summed E-state index contributed by atoms with van der Waals surface area (Å²) in [7, 11) is 1.92. The van der Waals surface area contributed by atoms with E-state index in [1.807, 2.05) is 41.9 Å². The van der Waals surface area contributed by atoms with Crippen LogP contribution in [0.15, 0.2) is 30.7 Å². The van der Waals surface area contributed by atoms with E-state index in [0.29, 0.717) is 18.9 Å². The molecule has 3 heterocycles. The fourth-order valence-corrected chi connectivity index (χ4v) is 3.54. The summed E-state index contributed by atoms with van der Waals surface area (Å²) in [6.45, 7) is 8.46. The highest BCUT2D eigenvalue weighted by atomic mass is 16.5. The van der Waals surface area contributed by atoms with E-state index in [1.54, 1.807) is 6.20 Å². The Labute approximate surface area is 148 Å². The van der Waals surface area contributed by atoms with Crippen LogP contribution in [0.25, 0.3) is 0 Å². The predicted octanol–water partition coefficient (Wildman–Crippen LogP) is 2.41. The van der Waals surface area contributed by atoms with E-state index in [9.17, 15) is 4.79 Å². The Morgan fingerprint density at radius 3 is 2.76 bits per heavy atom. The average Bonchev–Trinajstić information content (AvgIpc) is 3.12. The van der Waals surface area contributed by atoms with Crippen molar-refractivity contribution in [2.24, 2.45) is 12.5 Å². The first-order valence-corrected chi connectivity index (χ1v) is 8.73. The second-order valence-corrected chi connectivity index (χ2v) is 7.36. The van der Waals surface area contributed by atoms with Gasteiger partial charge in [-0.1, -0.05) is 13.8 Å². The molecule has 0 aliphatic carbocycles. The van der Waals surface area contributed by atoms with Crippen molar-refractivity contribution in [3.05, 3.63) is 42.0 Å². The number of nitrogens with zero attached hydrogens (tertiary/aromatic N) is 4. The van der Waals surface area contributed by atoms with Crippen molar-refractivity contribution >= 4 is 5.91 Å². The highest BCUT2D eigenvalue weighted by Crippen LogP contribution is 2.42. The van der Waals surface area contributed by atoms with Crippen LogP contribution in [0.2, 0.25) is 0 Å². The summed E-state index contributed by atoms with van der Waals surface area (Å²) in [4.78, 5) is 19.0. The third kappa shape index (κ3) is 3.83. The molecule has 2 aromatic rings.